The summed E-state index contributed by atoms with van der Waals surface area (Å²) in [4.78, 5) is 26.1. The Hall–Kier alpha value is -1.24. The number of rotatable bonds is 8. The number of halogens is 1. The first-order valence-corrected chi connectivity index (χ1v) is 10.1. The summed E-state index contributed by atoms with van der Waals surface area (Å²) in [7, 11) is 0. The number of carboxylic acids is 1. The first-order chi connectivity index (χ1) is 12.0. The van der Waals surface area contributed by atoms with Crippen LogP contribution in [0.5, 0.6) is 0 Å². The number of hydrogen-bond acceptors (Lipinski definition) is 4. The van der Waals surface area contributed by atoms with Crippen molar-refractivity contribution in [3.05, 3.63) is 34.9 Å². The Morgan fingerprint density at radius 1 is 1.40 bits per heavy atom. The molecular weight excluding hydrogens is 360 g/mol. The summed E-state index contributed by atoms with van der Waals surface area (Å²) < 4.78 is 3.24. The van der Waals surface area contributed by atoms with Crippen LogP contribution in [0.2, 0.25) is 5.02 Å². The molecule has 0 bridgehead atoms. The molecule has 0 radical (unpaired) electrons. The SMILES string of the molecule is CC[C@@H](CNSC)N1C(=O)[C@@H](CC(=O)O)CC[C@H]1c1ccc(Cl)cc1. The quantitative estimate of drug-likeness (QED) is 0.668. The van der Waals surface area contributed by atoms with Crippen molar-refractivity contribution in [3.8, 4) is 0 Å². The molecule has 2 rings (SSSR count). The third-order valence-corrected chi connectivity index (χ3v) is 5.44. The van der Waals surface area contributed by atoms with E-state index in [1.165, 1.54) is 11.9 Å². The number of carbonyl (C=O) groups excluding carboxylic acids is 1. The van der Waals surface area contributed by atoms with E-state index < -0.39 is 11.9 Å². The second-order valence-electron chi connectivity index (χ2n) is 6.30. The minimum absolute atomic E-state index is 0.0252. The van der Waals surface area contributed by atoms with Crippen LogP contribution in [0.3, 0.4) is 0 Å². The van der Waals surface area contributed by atoms with Gasteiger partial charge in [0.25, 0.3) is 0 Å². The van der Waals surface area contributed by atoms with E-state index in [1.807, 2.05) is 35.4 Å². The number of aliphatic carboxylic acids is 1. The minimum Gasteiger partial charge on any atom is -0.481 e. The third-order valence-electron chi connectivity index (χ3n) is 4.73. The molecule has 0 spiro atoms. The summed E-state index contributed by atoms with van der Waals surface area (Å²) in [6.07, 6.45) is 4.02. The van der Waals surface area contributed by atoms with Crippen molar-refractivity contribution in [1.29, 1.82) is 0 Å². The van der Waals surface area contributed by atoms with Crippen LogP contribution in [-0.4, -0.2) is 40.7 Å². The fourth-order valence-corrected chi connectivity index (χ4v) is 3.94. The minimum atomic E-state index is -0.918. The number of hydrogen-bond donors (Lipinski definition) is 2. The van der Waals surface area contributed by atoms with Crippen molar-refractivity contribution in [3.63, 3.8) is 0 Å². The number of benzene rings is 1. The van der Waals surface area contributed by atoms with Gasteiger partial charge in [-0.1, -0.05) is 42.6 Å². The number of carbonyl (C=O) groups is 2. The highest BCUT2D eigenvalue weighted by molar-refractivity contribution is 7.96. The standard InChI is InChI=1S/C18H25ClN2O3S/c1-3-15(11-20-25-2)21-16(12-4-7-14(19)8-5-12)9-6-13(18(21)24)10-17(22)23/h4-5,7-8,13,15-16,20H,3,6,9-11H2,1-2H3,(H,22,23)/t13-,15+,16+/m1/s1. The lowest BCUT2D eigenvalue weighted by molar-refractivity contribution is -0.151. The van der Waals surface area contributed by atoms with E-state index in [9.17, 15) is 9.59 Å². The maximum Gasteiger partial charge on any atom is 0.304 e. The predicted molar refractivity (Wildman–Crippen MR) is 102 cm³/mol. The molecule has 1 heterocycles. The monoisotopic (exact) mass is 384 g/mol. The molecule has 7 heteroatoms. The summed E-state index contributed by atoms with van der Waals surface area (Å²) in [6.45, 7) is 2.73. The second-order valence-corrected chi connectivity index (χ2v) is 7.43. The number of carboxylic acid groups (broad SMARTS) is 1. The number of nitrogens with zero attached hydrogens (tertiary/aromatic N) is 1. The maximum absolute atomic E-state index is 13.1. The van der Waals surface area contributed by atoms with Gasteiger partial charge in [-0.3, -0.25) is 14.3 Å². The molecule has 2 N–H and O–H groups in total. The Morgan fingerprint density at radius 3 is 2.64 bits per heavy atom. The Balaban J connectivity index is 2.31. The van der Waals surface area contributed by atoms with Gasteiger partial charge in [0, 0.05) is 23.5 Å². The first-order valence-electron chi connectivity index (χ1n) is 8.53. The van der Waals surface area contributed by atoms with E-state index in [-0.39, 0.29) is 24.4 Å². The molecular formula is C18H25ClN2O3S. The van der Waals surface area contributed by atoms with Gasteiger partial charge >= 0.3 is 5.97 Å². The predicted octanol–water partition coefficient (Wildman–Crippen LogP) is 3.74. The number of likely N-dealkylation sites (tertiary alicyclic amines) is 1. The van der Waals surface area contributed by atoms with Crippen LogP contribution >= 0.6 is 23.5 Å². The van der Waals surface area contributed by atoms with Gasteiger partial charge in [-0.15, -0.1) is 0 Å². The molecule has 0 aromatic heterocycles. The molecule has 1 amide bonds. The van der Waals surface area contributed by atoms with Crippen molar-refractivity contribution in [2.75, 3.05) is 12.8 Å². The Kier molecular flexibility index (Phi) is 7.59. The average molecular weight is 385 g/mol. The topological polar surface area (TPSA) is 69.6 Å². The fraction of sp³-hybridized carbons (Fsp3) is 0.556. The van der Waals surface area contributed by atoms with E-state index >= 15 is 0 Å². The molecule has 0 saturated carbocycles. The molecule has 138 valence electrons. The van der Waals surface area contributed by atoms with Gasteiger partial charge < -0.3 is 10.0 Å². The molecule has 1 aliphatic rings. The molecule has 3 atom stereocenters. The smallest absolute Gasteiger partial charge is 0.304 e. The van der Waals surface area contributed by atoms with Crippen LogP contribution in [0.15, 0.2) is 24.3 Å². The van der Waals surface area contributed by atoms with E-state index in [0.29, 0.717) is 18.0 Å². The number of piperidine rings is 1. The molecule has 1 aliphatic heterocycles. The van der Waals surface area contributed by atoms with Gasteiger partial charge in [0.2, 0.25) is 5.91 Å². The molecule has 25 heavy (non-hydrogen) atoms. The average Bonchev–Trinajstić information content (AvgIpc) is 2.59. The lowest BCUT2D eigenvalue weighted by atomic mass is 9.85. The van der Waals surface area contributed by atoms with Crippen molar-refractivity contribution < 1.29 is 14.7 Å². The Labute approximate surface area is 158 Å². The van der Waals surface area contributed by atoms with Crippen molar-refractivity contribution >= 4 is 35.4 Å². The summed E-state index contributed by atoms with van der Waals surface area (Å²) in [6, 6.07) is 7.58. The molecule has 0 aliphatic carbocycles. The normalized spacial score (nSPS) is 22.0. The Morgan fingerprint density at radius 2 is 2.08 bits per heavy atom. The summed E-state index contributed by atoms with van der Waals surface area (Å²) in [5.41, 5.74) is 1.05. The lowest BCUT2D eigenvalue weighted by Crippen LogP contribution is -2.51. The van der Waals surface area contributed by atoms with Crippen LogP contribution in [0.25, 0.3) is 0 Å². The summed E-state index contributed by atoms with van der Waals surface area (Å²) in [5.74, 6) is -1.41. The molecule has 1 saturated heterocycles. The Bertz CT molecular complexity index is 596. The molecule has 0 unspecified atom stereocenters. The van der Waals surface area contributed by atoms with Gasteiger partial charge in [0.05, 0.1) is 12.5 Å². The maximum atomic E-state index is 13.1. The van der Waals surface area contributed by atoms with Crippen LogP contribution in [0.4, 0.5) is 0 Å². The zero-order chi connectivity index (χ0) is 18.4. The molecule has 5 nitrogen and oxygen atoms in total. The van der Waals surface area contributed by atoms with E-state index in [0.717, 1.165) is 18.4 Å². The number of amides is 1. The second kappa shape index (κ2) is 9.46. The zero-order valence-electron chi connectivity index (χ0n) is 14.6. The number of nitrogens with one attached hydrogen (secondary N) is 1. The van der Waals surface area contributed by atoms with Gasteiger partial charge in [-0.05, 0) is 43.2 Å². The lowest BCUT2D eigenvalue weighted by Gasteiger charge is -2.44. The highest BCUT2D eigenvalue weighted by atomic mass is 35.5. The third kappa shape index (κ3) is 5.12. The molecule has 1 aromatic rings. The van der Waals surface area contributed by atoms with Gasteiger partial charge in [-0.25, -0.2) is 0 Å². The van der Waals surface area contributed by atoms with Crippen LogP contribution in [0, 0.1) is 5.92 Å². The van der Waals surface area contributed by atoms with Gasteiger partial charge in [0.15, 0.2) is 0 Å². The first kappa shape index (κ1) is 20.1. The van der Waals surface area contributed by atoms with Crippen LogP contribution in [0.1, 0.15) is 44.2 Å². The largest absolute Gasteiger partial charge is 0.481 e. The summed E-state index contributed by atoms with van der Waals surface area (Å²) in [5, 5.41) is 9.78. The van der Waals surface area contributed by atoms with Crippen LogP contribution < -0.4 is 4.72 Å². The molecule has 1 aromatic carbocycles. The van der Waals surface area contributed by atoms with Crippen molar-refractivity contribution in [2.24, 2.45) is 5.92 Å². The van der Waals surface area contributed by atoms with E-state index in [1.54, 1.807) is 0 Å². The summed E-state index contributed by atoms with van der Waals surface area (Å²) >= 11 is 7.52. The van der Waals surface area contributed by atoms with Gasteiger partial charge in [0.1, 0.15) is 0 Å². The van der Waals surface area contributed by atoms with Gasteiger partial charge in [-0.2, -0.15) is 0 Å². The fourth-order valence-electron chi connectivity index (χ4n) is 3.45. The van der Waals surface area contributed by atoms with Crippen LogP contribution in [-0.2, 0) is 9.59 Å². The van der Waals surface area contributed by atoms with Crippen molar-refractivity contribution in [1.82, 2.24) is 9.62 Å². The van der Waals surface area contributed by atoms with E-state index in [2.05, 4.69) is 11.6 Å². The van der Waals surface area contributed by atoms with E-state index in [4.69, 9.17) is 16.7 Å². The van der Waals surface area contributed by atoms with Crippen molar-refractivity contribution in [2.45, 2.75) is 44.7 Å². The highest BCUT2D eigenvalue weighted by Crippen LogP contribution is 2.37. The zero-order valence-corrected chi connectivity index (χ0v) is 16.1. The highest BCUT2D eigenvalue weighted by Gasteiger charge is 2.39. The molecule has 1 fully saturated rings.